The molecule has 0 aliphatic rings. The smallest absolute Gasteiger partial charge is 0.273 e. The van der Waals surface area contributed by atoms with E-state index in [9.17, 15) is 14.5 Å². The number of halogens is 1. The van der Waals surface area contributed by atoms with Crippen molar-refractivity contribution in [3.05, 3.63) is 34.4 Å². The highest BCUT2D eigenvalue weighted by Crippen LogP contribution is 2.23. The van der Waals surface area contributed by atoms with Crippen molar-refractivity contribution >= 4 is 5.69 Å². The third-order valence-electron chi connectivity index (χ3n) is 1.39. The van der Waals surface area contributed by atoms with Gasteiger partial charge in [-0.05, 0) is 6.07 Å². The second kappa shape index (κ2) is 3.61. The van der Waals surface area contributed by atoms with E-state index in [1.165, 1.54) is 38.1 Å². The Balaban J connectivity index is 2.89. The lowest BCUT2D eigenvalue weighted by molar-refractivity contribution is -0.385. The molecule has 0 spiro atoms. The van der Waals surface area contributed by atoms with Crippen LogP contribution in [0, 0.1) is 10.1 Å². The molecule has 1 rings (SSSR count). The van der Waals surface area contributed by atoms with Crippen molar-refractivity contribution in [2.45, 2.75) is 19.7 Å². The second-order valence-electron chi connectivity index (χ2n) is 3.22. The van der Waals surface area contributed by atoms with Crippen LogP contribution in [0.2, 0.25) is 0 Å². The number of alkyl halides is 1. The van der Waals surface area contributed by atoms with Crippen LogP contribution >= 0.6 is 0 Å². The lowest BCUT2D eigenvalue weighted by atomic mass is 10.3. The third kappa shape index (κ3) is 3.01. The predicted molar refractivity (Wildman–Crippen MR) is 48.9 cm³/mol. The zero-order chi connectivity index (χ0) is 10.8. The standard InChI is InChI=1S/C9H10FNO3/c1-9(2,10)14-8-5-3-4-7(6-8)11(12)13/h3-6H,1-2H3. The van der Waals surface area contributed by atoms with E-state index >= 15 is 0 Å². The fourth-order valence-electron chi connectivity index (χ4n) is 0.941. The Hall–Kier alpha value is -1.65. The zero-order valence-electron chi connectivity index (χ0n) is 7.86. The number of nitro groups is 1. The Morgan fingerprint density at radius 1 is 1.50 bits per heavy atom. The van der Waals surface area contributed by atoms with Gasteiger partial charge in [0.15, 0.2) is 0 Å². The van der Waals surface area contributed by atoms with Gasteiger partial charge in [-0.3, -0.25) is 10.1 Å². The van der Waals surface area contributed by atoms with Gasteiger partial charge in [0.25, 0.3) is 5.69 Å². The molecule has 76 valence electrons. The molecule has 1 aromatic carbocycles. The van der Waals surface area contributed by atoms with Gasteiger partial charge in [0.1, 0.15) is 5.75 Å². The highest BCUT2D eigenvalue weighted by Gasteiger charge is 2.18. The number of benzene rings is 1. The monoisotopic (exact) mass is 199 g/mol. The molecule has 0 aliphatic heterocycles. The van der Waals surface area contributed by atoms with Gasteiger partial charge < -0.3 is 4.74 Å². The van der Waals surface area contributed by atoms with Crippen molar-refractivity contribution in [3.8, 4) is 5.75 Å². The number of hydrogen-bond donors (Lipinski definition) is 0. The summed E-state index contributed by atoms with van der Waals surface area (Å²) < 4.78 is 17.8. The van der Waals surface area contributed by atoms with Crippen LogP contribution in [-0.4, -0.2) is 10.8 Å². The molecular weight excluding hydrogens is 189 g/mol. The summed E-state index contributed by atoms with van der Waals surface area (Å²) in [5.74, 6) is -1.69. The van der Waals surface area contributed by atoms with E-state index in [4.69, 9.17) is 4.74 Å². The van der Waals surface area contributed by atoms with E-state index in [1.54, 1.807) is 0 Å². The molecule has 0 aromatic heterocycles. The van der Waals surface area contributed by atoms with E-state index < -0.39 is 10.8 Å². The van der Waals surface area contributed by atoms with Crippen molar-refractivity contribution in [2.24, 2.45) is 0 Å². The first-order chi connectivity index (χ1) is 6.38. The molecule has 0 radical (unpaired) electrons. The maximum absolute atomic E-state index is 13.0. The molecule has 0 heterocycles. The molecule has 1 aromatic rings. The average Bonchev–Trinajstić information content (AvgIpc) is 2.01. The largest absolute Gasteiger partial charge is 0.458 e. The molecule has 0 N–H and O–H groups in total. The van der Waals surface area contributed by atoms with Crippen LogP contribution in [-0.2, 0) is 0 Å². The van der Waals surface area contributed by atoms with Gasteiger partial charge in [-0.1, -0.05) is 6.07 Å². The minimum Gasteiger partial charge on any atom is -0.458 e. The predicted octanol–water partition coefficient (Wildman–Crippen LogP) is 2.68. The Bertz CT molecular complexity index is 346. The van der Waals surface area contributed by atoms with Crippen LogP contribution in [0.15, 0.2) is 24.3 Å². The number of rotatable bonds is 3. The van der Waals surface area contributed by atoms with Gasteiger partial charge in [0, 0.05) is 19.9 Å². The molecule has 0 saturated carbocycles. The van der Waals surface area contributed by atoms with Crippen molar-refractivity contribution in [3.63, 3.8) is 0 Å². The Morgan fingerprint density at radius 2 is 2.14 bits per heavy atom. The normalized spacial score (nSPS) is 11.1. The number of nitrogens with zero attached hydrogens (tertiary/aromatic N) is 1. The van der Waals surface area contributed by atoms with Gasteiger partial charge in [-0.15, -0.1) is 0 Å². The molecular formula is C9H10FNO3. The molecule has 5 heteroatoms. The summed E-state index contributed by atoms with van der Waals surface area (Å²) in [6.45, 7) is 2.46. The first-order valence-electron chi connectivity index (χ1n) is 4.01. The first-order valence-corrected chi connectivity index (χ1v) is 4.01. The Labute approximate surface area is 80.5 Å². The van der Waals surface area contributed by atoms with Crippen LogP contribution in [0.25, 0.3) is 0 Å². The summed E-state index contributed by atoms with van der Waals surface area (Å²) in [6.07, 6.45) is 0. The summed E-state index contributed by atoms with van der Waals surface area (Å²) in [7, 11) is 0. The van der Waals surface area contributed by atoms with Crippen LogP contribution in [0.1, 0.15) is 13.8 Å². The number of non-ortho nitro benzene ring substituents is 1. The Morgan fingerprint density at radius 3 is 2.64 bits per heavy atom. The molecule has 0 aliphatic carbocycles. The van der Waals surface area contributed by atoms with Crippen molar-refractivity contribution < 1.29 is 14.1 Å². The molecule has 14 heavy (non-hydrogen) atoms. The molecule has 0 atom stereocenters. The van der Waals surface area contributed by atoms with E-state index in [2.05, 4.69) is 0 Å². The van der Waals surface area contributed by atoms with Gasteiger partial charge >= 0.3 is 0 Å². The van der Waals surface area contributed by atoms with Gasteiger partial charge in [-0.2, -0.15) is 4.39 Å². The van der Waals surface area contributed by atoms with Gasteiger partial charge in [-0.25, -0.2) is 0 Å². The number of nitro benzene ring substituents is 1. The van der Waals surface area contributed by atoms with Crippen molar-refractivity contribution in [1.82, 2.24) is 0 Å². The quantitative estimate of drug-likeness (QED) is 0.555. The summed E-state index contributed by atoms with van der Waals surface area (Å²) in [4.78, 5) is 9.82. The van der Waals surface area contributed by atoms with E-state index in [1.807, 2.05) is 0 Å². The first kappa shape index (κ1) is 10.4. The lowest BCUT2D eigenvalue weighted by Crippen LogP contribution is -2.20. The van der Waals surface area contributed by atoms with E-state index in [0.29, 0.717) is 0 Å². The summed E-state index contributed by atoms with van der Waals surface area (Å²) >= 11 is 0. The Kier molecular flexibility index (Phi) is 2.69. The van der Waals surface area contributed by atoms with Crippen molar-refractivity contribution in [2.75, 3.05) is 0 Å². The van der Waals surface area contributed by atoms with E-state index in [-0.39, 0.29) is 11.4 Å². The summed E-state index contributed by atoms with van der Waals surface area (Å²) in [6, 6.07) is 5.41. The van der Waals surface area contributed by atoms with Crippen molar-refractivity contribution in [1.29, 1.82) is 0 Å². The zero-order valence-corrected chi connectivity index (χ0v) is 7.86. The van der Waals surface area contributed by atoms with Crippen LogP contribution in [0.3, 0.4) is 0 Å². The summed E-state index contributed by atoms with van der Waals surface area (Å²) in [5, 5.41) is 10.4. The fraction of sp³-hybridized carbons (Fsp3) is 0.333. The lowest BCUT2D eigenvalue weighted by Gasteiger charge is -2.16. The molecule has 0 fully saturated rings. The third-order valence-corrected chi connectivity index (χ3v) is 1.39. The van der Waals surface area contributed by atoms with E-state index in [0.717, 1.165) is 0 Å². The maximum atomic E-state index is 13.0. The molecule has 4 nitrogen and oxygen atoms in total. The summed E-state index contributed by atoms with van der Waals surface area (Å²) in [5.41, 5.74) is -0.119. The molecule has 0 bridgehead atoms. The van der Waals surface area contributed by atoms with Crippen LogP contribution < -0.4 is 4.74 Å². The highest BCUT2D eigenvalue weighted by atomic mass is 19.2. The van der Waals surface area contributed by atoms with Gasteiger partial charge in [0.05, 0.1) is 11.0 Å². The maximum Gasteiger partial charge on any atom is 0.273 e. The molecule has 0 amide bonds. The SMILES string of the molecule is CC(C)(F)Oc1cccc([N+](=O)[O-])c1. The van der Waals surface area contributed by atoms with Crippen LogP contribution in [0.5, 0.6) is 5.75 Å². The average molecular weight is 199 g/mol. The topological polar surface area (TPSA) is 52.4 Å². The minimum atomic E-state index is -1.84. The fourth-order valence-corrected chi connectivity index (χ4v) is 0.941. The second-order valence-corrected chi connectivity index (χ2v) is 3.22. The number of hydrogen-bond acceptors (Lipinski definition) is 3. The molecule has 0 saturated heterocycles. The minimum absolute atomic E-state index is 0.119. The highest BCUT2D eigenvalue weighted by molar-refractivity contribution is 5.38. The number of ether oxygens (including phenoxy) is 1. The van der Waals surface area contributed by atoms with Gasteiger partial charge in [0.2, 0.25) is 5.85 Å². The molecule has 0 unspecified atom stereocenters. The van der Waals surface area contributed by atoms with Crippen LogP contribution in [0.4, 0.5) is 10.1 Å².